The fourth-order valence-corrected chi connectivity index (χ4v) is 2.96. The molecule has 2 rings (SSSR count). The summed E-state index contributed by atoms with van der Waals surface area (Å²) >= 11 is 3.30. The zero-order valence-corrected chi connectivity index (χ0v) is 12.8. The van der Waals surface area contributed by atoms with Crippen molar-refractivity contribution in [2.24, 2.45) is 0 Å². The van der Waals surface area contributed by atoms with Crippen molar-refractivity contribution in [1.29, 1.82) is 0 Å². The summed E-state index contributed by atoms with van der Waals surface area (Å²) in [4.78, 5) is -0.0306. The minimum Gasteiger partial charge on any atom is -0.493 e. The molecule has 0 bridgehead atoms. The zero-order chi connectivity index (χ0) is 14.6. The van der Waals surface area contributed by atoms with Gasteiger partial charge in [0, 0.05) is 4.47 Å². The second kappa shape index (κ2) is 6.37. The maximum absolute atomic E-state index is 13.0. The van der Waals surface area contributed by atoms with Gasteiger partial charge in [-0.15, -0.1) is 0 Å². The van der Waals surface area contributed by atoms with Crippen molar-refractivity contribution in [3.8, 4) is 5.75 Å². The van der Waals surface area contributed by atoms with Gasteiger partial charge in [0.2, 0.25) is 0 Å². The summed E-state index contributed by atoms with van der Waals surface area (Å²) < 4.78 is 43.2. The van der Waals surface area contributed by atoms with E-state index in [-0.39, 0.29) is 17.3 Å². The highest BCUT2D eigenvalue weighted by molar-refractivity contribution is 9.10. The Morgan fingerprint density at radius 1 is 1.10 bits per heavy atom. The number of hydrogen-bond acceptors (Lipinski definition) is 3. The summed E-state index contributed by atoms with van der Waals surface area (Å²) in [6.07, 6.45) is 0. The molecule has 0 fully saturated rings. The molecular weight excluding hydrogens is 347 g/mol. The van der Waals surface area contributed by atoms with Crippen LogP contribution in [0.1, 0.15) is 0 Å². The first-order chi connectivity index (χ1) is 9.47. The highest BCUT2D eigenvalue weighted by Gasteiger charge is 2.15. The highest BCUT2D eigenvalue weighted by Crippen LogP contribution is 2.17. The molecule has 2 aromatic carbocycles. The Kier molecular flexibility index (Phi) is 4.77. The van der Waals surface area contributed by atoms with Gasteiger partial charge in [0.25, 0.3) is 0 Å². The topological polar surface area (TPSA) is 43.4 Å². The average molecular weight is 359 g/mol. The predicted octanol–water partition coefficient (Wildman–Crippen LogP) is 3.44. The van der Waals surface area contributed by atoms with E-state index in [0.29, 0.717) is 5.75 Å². The van der Waals surface area contributed by atoms with Crippen molar-refractivity contribution in [1.82, 2.24) is 0 Å². The summed E-state index contributed by atoms with van der Waals surface area (Å²) in [5.74, 6) is -0.186. The number of sulfone groups is 1. The molecule has 0 saturated heterocycles. The van der Waals surface area contributed by atoms with Gasteiger partial charge in [0.15, 0.2) is 9.84 Å². The lowest BCUT2D eigenvalue weighted by molar-refractivity contribution is 0.341. The monoisotopic (exact) mass is 358 g/mol. The van der Waals surface area contributed by atoms with Crippen molar-refractivity contribution in [2.75, 3.05) is 12.4 Å². The third kappa shape index (κ3) is 4.05. The third-order valence-electron chi connectivity index (χ3n) is 2.59. The van der Waals surface area contributed by atoms with Crippen LogP contribution in [0.2, 0.25) is 0 Å². The predicted molar refractivity (Wildman–Crippen MR) is 78.1 cm³/mol. The van der Waals surface area contributed by atoms with Crippen LogP contribution in [0.15, 0.2) is 57.9 Å². The SMILES string of the molecule is O=S(=O)(CCOc1ccc(Br)cc1)c1cccc(F)c1. The van der Waals surface area contributed by atoms with Crippen molar-refractivity contribution in [3.63, 3.8) is 0 Å². The third-order valence-corrected chi connectivity index (χ3v) is 4.79. The minimum atomic E-state index is -3.54. The van der Waals surface area contributed by atoms with E-state index in [0.717, 1.165) is 10.5 Å². The molecule has 106 valence electrons. The summed E-state index contributed by atoms with van der Waals surface area (Å²) in [5.41, 5.74) is 0. The van der Waals surface area contributed by atoms with Crippen molar-refractivity contribution in [3.05, 3.63) is 58.8 Å². The second-order valence-corrected chi connectivity index (χ2v) is 7.10. The van der Waals surface area contributed by atoms with E-state index in [1.54, 1.807) is 24.3 Å². The van der Waals surface area contributed by atoms with Crippen LogP contribution in [-0.4, -0.2) is 20.8 Å². The van der Waals surface area contributed by atoms with E-state index in [4.69, 9.17) is 4.74 Å². The van der Waals surface area contributed by atoms with Gasteiger partial charge in [0.05, 0.1) is 10.6 Å². The summed E-state index contributed by atoms with van der Waals surface area (Å²) in [6.45, 7) is 0.0144. The molecule has 0 N–H and O–H groups in total. The maximum Gasteiger partial charge on any atom is 0.181 e. The van der Waals surface area contributed by atoms with E-state index in [1.165, 1.54) is 18.2 Å². The quantitative estimate of drug-likeness (QED) is 0.822. The number of hydrogen-bond donors (Lipinski definition) is 0. The van der Waals surface area contributed by atoms with Crippen LogP contribution in [-0.2, 0) is 9.84 Å². The molecule has 0 amide bonds. The fraction of sp³-hybridized carbons (Fsp3) is 0.143. The van der Waals surface area contributed by atoms with E-state index in [2.05, 4.69) is 15.9 Å². The number of rotatable bonds is 5. The number of benzene rings is 2. The van der Waals surface area contributed by atoms with Crippen LogP contribution in [0.4, 0.5) is 4.39 Å². The Morgan fingerprint density at radius 2 is 1.80 bits per heavy atom. The molecule has 0 radical (unpaired) electrons. The van der Waals surface area contributed by atoms with Crippen LogP contribution in [0, 0.1) is 5.82 Å². The number of ether oxygens (including phenoxy) is 1. The molecule has 6 heteroatoms. The summed E-state index contributed by atoms with van der Waals surface area (Å²) in [7, 11) is -3.54. The van der Waals surface area contributed by atoms with Crippen LogP contribution < -0.4 is 4.74 Å². The zero-order valence-electron chi connectivity index (χ0n) is 10.4. The average Bonchev–Trinajstić information content (AvgIpc) is 2.41. The Bertz CT molecular complexity index is 684. The number of halogens is 2. The first kappa shape index (κ1) is 15.0. The van der Waals surface area contributed by atoms with Crippen LogP contribution in [0.25, 0.3) is 0 Å². The van der Waals surface area contributed by atoms with Gasteiger partial charge >= 0.3 is 0 Å². The lowest BCUT2D eigenvalue weighted by atomic mass is 10.3. The lowest BCUT2D eigenvalue weighted by Crippen LogP contribution is -2.14. The van der Waals surface area contributed by atoms with Crippen LogP contribution >= 0.6 is 15.9 Å². The van der Waals surface area contributed by atoms with Gasteiger partial charge in [0.1, 0.15) is 18.2 Å². The van der Waals surface area contributed by atoms with Gasteiger partial charge < -0.3 is 4.74 Å². The molecule has 0 aliphatic carbocycles. The smallest absolute Gasteiger partial charge is 0.181 e. The Hall–Kier alpha value is -1.40. The van der Waals surface area contributed by atoms with Gasteiger partial charge in [-0.2, -0.15) is 0 Å². The van der Waals surface area contributed by atoms with Gasteiger partial charge in [-0.3, -0.25) is 0 Å². The van der Waals surface area contributed by atoms with Gasteiger partial charge in [-0.1, -0.05) is 22.0 Å². The van der Waals surface area contributed by atoms with Crippen LogP contribution in [0.5, 0.6) is 5.75 Å². The van der Waals surface area contributed by atoms with E-state index < -0.39 is 15.7 Å². The highest BCUT2D eigenvalue weighted by atomic mass is 79.9. The summed E-state index contributed by atoms with van der Waals surface area (Å²) in [6, 6.07) is 12.0. The standard InChI is InChI=1S/C14H12BrFO3S/c15-11-4-6-13(7-5-11)19-8-9-20(17,18)14-3-1-2-12(16)10-14/h1-7,10H,8-9H2. The Balaban J connectivity index is 1.98. The minimum absolute atomic E-state index is 0.0144. The first-order valence-corrected chi connectivity index (χ1v) is 8.28. The van der Waals surface area contributed by atoms with E-state index >= 15 is 0 Å². The normalized spacial score (nSPS) is 11.3. The largest absolute Gasteiger partial charge is 0.493 e. The fourth-order valence-electron chi connectivity index (χ4n) is 1.58. The van der Waals surface area contributed by atoms with Crippen LogP contribution in [0.3, 0.4) is 0 Å². The van der Waals surface area contributed by atoms with Gasteiger partial charge in [-0.05, 0) is 42.5 Å². The second-order valence-electron chi connectivity index (χ2n) is 4.08. The molecule has 0 heterocycles. The van der Waals surface area contributed by atoms with Crippen molar-refractivity contribution < 1.29 is 17.5 Å². The molecule has 0 atom stereocenters. The molecule has 20 heavy (non-hydrogen) atoms. The Morgan fingerprint density at radius 3 is 2.45 bits per heavy atom. The molecule has 0 aromatic heterocycles. The first-order valence-electron chi connectivity index (χ1n) is 5.84. The lowest BCUT2D eigenvalue weighted by Gasteiger charge is -2.07. The molecular formula is C14H12BrFO3S. The Labute approximate surface area is 125 Å². The molecule has 0 aliphatic heterocycles. The maximum atomic E-state index is 13.0. The molecule has 0 saturated carbocycles. The van der Waals surface area contributed by atoms with E-state index in [9.17, 15) is 12.8 Å². The molecule has 0 unspecified atom stereocenters. The summed E-state index contributed by atoms with van der Waals surface area (Å²) in [5, 5.41) is 0. The molecule has 0 aliphatic rings. The van der Waals surface area contributed by atoms with Gasteiger partial charge in [-0.25, -0.2) is 12.8 Å². The molecule has 2 aromatic rings. The molecule has 3 nitrogen and oxygen atoms in total. The van der Waals surface area contributed by atoms with Crippen molar-refractivity contribution >= 4 is 25.8 Å². The van der Waals surface area contributed by atoms with Crippen molar-refractivity contribution in [2.45, 2.75) is 4.90 Å². The molecule has 0 spiro atoms. The van der Waals surface area contributed by atoms with E-state index in [1.807, 2.05) is 0 Å².